The number of esters is 1. The van der Waals surface area contributed by atoms with Crippen molar-refractivity contribution >= 4 is 34.8 Å². The van der Waals surface area contributed by atoms with Crippen LogP contribution in [0.3, 0.4) is 0 Å². The number of carbonyl (C=O) groups is 3. The lowest BCUT2D eigenvalue weighted by Crippen LogP contribution is -2.34. The topological polar surface area (TPSA) is 87.7 Å². The maximum Gasteiger partial charge on any atom is 0.314 e. The molecule has 0 unspecified atom stereocenters. The molecule has 4 rings (SSSR count). The van der Waals surface area contributed by atoms with E-state index in [0.29, 0.717) is 11.3 Å². The third-order valence-electron chi connectivity index (χ3n) is 5.86. The van der Waals surface area contributed by atoms with Crippen molar-refractivity contribution in [2.75, 3.05) is 28.6 Å². The molecule has 0 saturated carbocycles. The first-order chi connectivity index (χ1) is 15.4. The standard InChI is InChI=1S/C24H26FN3O4/c1-15(23(30)26-17-6-8-18(9-7-17)28-11-3-2-4-12-28)32-24(31)20-14-22(29)27-21-13-16(25)5-10-19(20)21/h5-10,13,15,20H,2-4,11-12,14H2,1H3,(H,26,30)(H,27,29)/t15-,20-/m0/s1. The first-order valence-corrected chi connectivity index (χ1v) is 10.9. The van der Waals surface area contributed by atoms with E-state index < -0.39 is 35.6 Å². The highest BCUT2D eigenvalue weighted by Crippen LogP contribution is 2.34. The Labute approximate surface area is 185 Å². The highest BCUT2D eigenvalue weighted by atomic mass is 19.1. The maximum absolute atomic E-state index is 13.5. The van der Waals surface area contributed by atoms with Crippen molar-refractivity contribution in [3.63, 3.8) is 0 Å². The maximum atomic E-state index is 13.5. The minimum atomic E-state index is -1.06. The number of amides is 2. The van der Waals surface area contributed by atoms with Gasteiger partial charge >= 0.3 is 5.97 Å². The van der Waals surface area contributed by atoms with Gasteiger partial charge in [0.15, 0.2) is 6.10 Å². The van der Waals surface area contributed by atoms with Gasteiger partial charge in [0.25, 0.3) is 5.91 Å². The van der Waals surface area contributed by atoms with Crippen LogP contribution in [0.25, 0.3) is 0 Å². The summed E-state index contributed by atoms with van der Waals surface area (Å²) in [7, 11) is 0. The van der Waals surface area contributed by atoms with E-state index in [-0.39, 0.29) is 12.1 Å². The highest BCUT2D eigenvalue weighted by Gasteiger charge is 2.34. The number of anilines is 3. The second-order valence-electron chi connectivity index (χ2n) is 8.20. The molecule has 2 aromatic carbocycles. The van der Waals surface area contributed by atoms with Gasteiger partial charge in [-0.05, 0) is 68.1 Å². The molecule has 168 valence electrons. The Morgan fingerprint density at radius 1 is 1.12 bits per heavy atom. The molecule has 0 spiro atoms. The molecular formula is C24H26FN3O4. The predicted molar refractivity (Wildman–Crippen MR) is 119 cm³/mol. The SMILES string of the molecule is C[C@H](OC(=O)[C@H]1CC(=O)Nc2cc(F)ccc21)C(=O)Nc1ccc(N2CCCCC2)cc1. The van der Waals surface area contributed by atoms with Crippen LogP contribution in [0.2, 0.25) is 0 Å². The fourth-order valence-electron chi connectivity index (χ4n) is 4.11. The average Bonchev–Trinajstić information content (AvgIpc) is 2.79. The molecular weight excluding hydrogens is 413 g/mol. The summed E-state index contributed by atoms with van der Waals surface area (Å²) >= 11 is 0. The van der Waals surface area contributed by atoms with Gasteiger partial charge in [0.05, 0.1) is 5.92 Å². The molecule has 2 aliphatic heterocycles. The Kier molecular flexibility index (Phi) is 6.39. The van der Waals surface area contributed by atoms with Gasteiger partial charge in [-0.15, -0.1) is 0 Å². The van der Waals surface area contributed by atoms with E-state index in [1.54, 1.807) is 0 Å². The van der Waals surface area contributed by atoms with Crippen LogP contribution < -0.4 is 15.5 Å². The zero-order valence-electron chi connectivity index (χ0n) is 17.9. The second kappa shape index (κ2) is 9.38. The molecule has 2 aliphatic rings. The van der Waals surface area contributed by atoms with Crippen molar-refractivity contribution in [3.05, 3.63) is 53.8 Å². The number of nitrogens with one attached hydrogen (secondary N) is 2. The number of piperidine rings is 1. The molecule has 0 aromatic heterocycles. The smallest absolute Gasteiger partial charge is 0.314 e. The molecule has 32 heavy (non-hydrogen) atoms. The Hall–Kier alpha value is -3.42. The fourth-order valence-corrected chi connectivity index (χ4v) is 4.11. The average molecular weight is 439 g/mol. The molecule has 0 bridgehead atoms. The van der Waals surface area contributed by atoms with Crippen LogP contribution in [0.4, 0.5) is 21.5 Å². The molecule has 1 fully saturated rings. The first-order valence-electron chi connectivity index (χ1n) is 10.9. The van der Waals surface area contributed by atoms with Crippen molar-refractivity contribution in [3.8, 4) is 0 Å². The Bertz CT molecular complexity index is 1020. The van der Waals surface area contributed by atoms with E-state index in [4.69, 9.17) is 4.74 Å². The van der Waals surface area contributed by atoms with Crippen LogP contribution >= 0.6 is 0 Å². The largest absolute Gasteiger partial charge is 0.452 e. The second-order valence-corrected chi connectivity index (χ2v) is 8.20. The third kappa shape index (κ3) is 4.90. The molecule has 2 atom stereocenters. The van der Waals surface area contributed by atoms with Gasteiger partial charge in [0, 0.05) is 36.6 Å². The van der Waals surface area contributed by atoms with Crippen molar-refractivity contribution in [1.29, 1.82) is 0 Å². The first kappa shape index (κ1) is 21.8. The van der Waals surface area contributed by atoms with Crippen molar-refractivity contribution in [2.45, 2.75) is 44.6 Å². The van der Waals surface area contributed by atoms with Crippen LogP contribution in [-0.2, 0) is 19.1 Å². The van der Waals surface area contributed by atoms with Gasteiger partial charge in [-0.2, -0.15) is 0 Å². The number of ether oxygens (including phenoxy) is 1. The summed E-state index contributed by atoms with van der Waals surface area (Å²) in [5.41, 5.74) is 2.44. The van der Waals surface area contributed by atoms with Crippen LogP contribution in [0, 0.1) is 5.82 Å². The van der Waals surface area contributed by atoms with E-state index in [0.717, 1.165) is 24.8 Å². The quantitative estimate of drug-likeness (QED) is 0.692. The van der Waals surface area contributed by atoms with Gasteiger partial charge in [-0.1, -0.05) is 6.07 Å². The lowest BCUT2D eigenvalue weighted by molar-refractivity contribution is -0.155. The van der Waals surface area contributed by atoms with Crippen LogP contribution in [0.15, 0.2) is 42.5 Å². The summed E-state index contributed by atoms with van der Waals surface area (Å²) in [5, 5.41) is 5.30. The normalized spacial score (nSPS) is 18.9. The molecule has 1 saturated heterocycles. The van der Waals surface area contributed by atoms with Gasteiger partial charge in [0.2, 0.25) is 5.91 Å². The minimum absolute atomic E-state index is 0.121. The number of hydrogen-bond donors (Lipinski definition) is 2. The number of hydrogen-bond acceptors (Lipinski definition) is 5. The fraction of sp³-hybridized carbons (Fsp3) is 0.375. The summed E-state index contributed by atoms with van der Waals surface area (Å²) in [5.74, 6) is -2.98. The number of rotatable bonds is 5. The van der Waals surface area contributed by atoms with Gasteiger partial charge in [-0.25, -0.2) is 4.39 Å². The minimum Gasteiger partial charge on any atom is -0.452 e. The molecule has 0 aliphatic carbocycles. The zero-order valence-corrected chi connectivity index (χ0v) is 17.9. The molecule has 8 heteroatoms. The van der Waals surface area contributed by atoms with Gasteiger partial charge in [0.1, 0.15) is 5.82 Å². The number of nitrogens with zero attached hydrogens (tertiary/aromatic N) is 1. The number of carbonyl (C=O) groups excluding carboxylic acids is 3. The third-order valence-corrected chi connectivity index (χ3v) is 5.86. The van der Waals surface area contributed by atoms with Crippen molar-refractivity contribution in [2.24, 2.45) is 0 Å². The molecule has 0 radical (unpaired) electrons. The molecule has 2 heterocycles. The van der Waals surface area contributed by atoms with Crippen LogP contribution in [0.5, 0.6) is 0 Å². The summed E-state index contributed by atoms with van der Waals surface area (Å²) < 4.78 is 18.8. The van der Waals surface area contributed by atoms with E-state index in [2.05, 4.69) is 15.5 Å². The van der Waals surface area contributed by atoms with E-state index in [1.165, 1.54) is 38.3 Å². The van der Waals surface area contributed by atoms with Crippen molar-refractivity contribution in [1.82, 2.24) is 0 Å². The Morgan fingerprint density at radius 2 is 1.84 bits per heavy atom. The zero-order chi connectivity index (χ0) is 22.7. The Morgan fingerprint density at radius 3 is 2.56 bits per heavy atom. The molecule has 7 nitrogen and oxygen atoms in total. The predicted octanol–water partition coefficient (Wildman–Crippen LogP) is 3.81. The van der Waals surface area contributed by atoms with Crippen molar-refractivity contribution < 1.29 is 23.5 Å². The number of fused-ring (bicyclic) bond motifs is 1. The molecule has 2 aromatic rings. The lowest BCUT2D eigenvalue weighted by Gasteiger charge is -2.29. The van der Waals surface area contributed by atoms with Crippen LogP contribution in [-0.4, -0.2) is 37.0 Å². The number of halogens is 1. The highest BCUT2D eigenvalue weighted by molar-refractivity contribution is 6.01. The van der Waals surface area contributed by atoms with E-state index in [1.807, 2.05) is 24.3 Å². The van der Waals surface area contributed by atoms with Crippen LogP contribution in [0.1, 0.15) is 44.1 Å². The monoisotopic (exact) mass is 439 g/mol. The van der Waals surface area contributed by atoms with Gasteiger partial charge in [-0.3, -0.25) is 14.4 Å². The van der Waals surface area contributed by atoms with E-state index >= 15 is 0 Å². The number of benzene rings is 2. The summed E-state index contributed by atoms with van der Waals surface area (Å²) in [6.07, 6.45) is 2.45. The molecule has 2 amide bonds. The Balaban J connectivity index is 1.36. The summed E-state index contributed by atoms with van der Waals surface area (Å²) in [4.78, 5) is 39.5. The van der Waals surface area contributed by atoms with E-state index in [9.17, 15) is 18.8 Å². The van der Waals surface area contributed by atoms with Gasteiger partial charge < -0.3 is 20.3 Å². The summed E-state index contributed by atoms with van der Waals surface area (Å²) in [6, 6.07) is 11.4. The molecule has 2 N–H and O–H groups in total. The summed E-state index contributed by atoms with van der Waals surface area (Å²) in [6.45, 7) is 3.55. The lowest BCUT2D eigenvalue weighted by atomic mass is 9.90.